The lowest BCUT2D eigenvalue weighted by atomic mass is 9.84. The van der Waals surface area contributed by atoms with Crippen LogP contribution in [0.1, 0.15) is 0 Å². The Morgan fingerprint density at radius 1 is 0.250 bits per heavy atom. The number of fused-ring (bicyclic) bond motifs is 5. The van der Waals surface area contributed by atoms with Gasteiger partial charge in [-0.3, -0.25) is 0 Å². The monoisotopic (exact) mass is 506 g/mol. The van der Waals surface area contributed by atoms with Crippen LogP contribution in [0.25, 0.3) is 76.5 Å². The van der Waals surface area contributed by atoms with Crippen molar-refractivity contribution in [2.24, 2.45) is 0 Å². The van der Waals surface area contributed by atoms with Crippen molar-refractivity contribution < 1.29 is 0 Å². The van der Waals surface area contributed by atoms with Crippen molar-refractivity contribution in [2.75, 3.05) is 0 Å². The molecule has 8 rings (SSSR count). The van der Waals surface area contributed by atoms with Gasteiger partial charge in [-0.15, -0.1) is 0 Å². The Hall–Kier alpha value is -5.20. The Morgan fingerprint density at radius 2 is 0.775 bits per heavy atom. The van der Waals surface area contributed by atoms with E-state index in [1.807, 2.05) is 0 Å². The van der Waals surface area contributed by atoms with Gasteiger partial charge in [-0.1, -0.05) is 152 Å². The van der Waals surface area contributed by atoms with Gasteiger partial charge in [-0.25, -0.2) is 0 Å². The third-order valence-electron chi connectivity index (χ3n) is 8.23. The van der Waals surface area contributed by atoms with Gasteiger partial charge in [0.05, 0.1) is 0 Å². The molecule has 0 bridgehead atoms. The molecule has 0 saturated carbocycles. The molecule has 0 aliphatic heterocycles. The lowest BCUT2D eigenvalue weighted by molar-refractivity contribution is 1.63. The molecule has 186 valence electrons. The van der Waals surface area contributed by atoms with Gasteiger partial charge in [0.15, 0.2) is 0 Å². The van der Waals surface area contributed by atoms with E-state index in [1.54, 1.807) is 0 Å². The maximum absolute atomic E-state index is 2.32. The smallest absolute Gasteiger partial charge is 0.00141 e. The number of rotatable bonds is 3. The Bertz CT molecular complexity index is 2190. The van der Waals surface area contributed by atoms with E-state index < -0.39 is 0 Å². The minimum absolute atomic E-state index is 1.23. The third-order valence-corrected chi connectivity index (χ3v) is 8.23. The van der Waals surface area contributed by atoms with Crippen LogP contribution >= 0.6 is 0 Å². The van der Waals surface area contributed by atoms with Crippen LogP contribution < -0.4 is 0 Å². The normalized spacial score (nSPS) is 11.5. The van der Waals surface area contributed by atoms with Crippen LogP contribution in [0.15, 0.2) is 158 Å². The molecule has 0 heterocycles. The summed E-state index contributed by atoms with van der Waals surface area (Å²) < 4.78 is 0. The Labute approximate surface area is 233 Å². The summed E-state index contributed by atoms with van der Waals surface area (Å²) in [5.41, 5.74) is 7.55. The van der Waals surface area contributed by atoms with E-state index in [9.17, 15) is 0 Å². The van der Waals surface area contributed by atoms with Crippen LogP contribution in [-0.2, 0) is 0 Å². The highest BCUT2D eigenvalue weighted by Crippen LogP contribution is 2.46. The van der Waals surface area contributed by atoms with Gasteiger partial charge < -0.3 is 0 Å². The Morgan fingerprint density at radius 3 is 1.55 bits per heavy atom. The summed E-state index contributed by atoms with van der Waals surface area (Å²) in [7, 11) is 0. The first-order valence-electron chi connectivity index (χ1n) is 13.9. The lowest BCUT2D eigenvalue weighted by Crippen LogP contribution is -1.92. The van der Waals surface area contributed by atoms with Gasteiger partial charge in [0.1, 0.15) is 0 Å². The number of hydrogen-bond acceptors (Lipinski definition) is 0. The summed E-state index contributed by atoms with van der Waals surface area (Å²) in [5.74, 6) is 0. The van der Waals surface area contributed by atoms with Gasteiger partial charge in [-0.2, -0.15) is 0 Å². The zero-order valence-electron chi connectivity index (χ0n) is 22.0. The van der Waals surface area contributed by atoms with Gasteiger partial charge in [0.25, 0.3) is 0 Å². The fourth-order valence-corrected chi connectivity index (χ4v) is 6.36. The molecule has 0 heteroatoms. The molecule has 0 nitrogen and oxygen atoms in total. The number of hydrogen-bond donors (Lipinski definition) is 0. The molecular weight excluding hydrogens is 480 g/mol. The van der Waals surface area contributed by atoms with E-state index in [0.717, 1.165) is 0 Å². The second-order valence-electron chi connectivity index (χ2n) is 10.5. The van der Waals surface area contributed by atoms with Gasteiger partial charge in [0.2, 0.25) is 0 Å². The molecule has 40 heavy (non-hydrogen) atoms. The van der Waals surface area contributed by atoms with Crippen LogP contribution in [0.4, 0.5) is 0 Å². The molecule has 0 aromatic heterocycles. The fraction of sp³-hybridized carbons (Fsp3) is 0. The lowest BCUT2D eigenvalue weighted by Gasteiger charge is -2.19. The molecule has 0 saturated heterocycles. The highest BCUT2D eigenvalue weighted by atomic mass is 14.2. The van der Waals surface area contributed by atoms with Crippen molar-refractivity contribution in [2.45, 2.75) is 0 Å². The van der Waals surface area contributed by atoms with Crippen LogP contribution in [0, 0.1) is 0 Å². The second kappa shape index (κ2) is 9.22. The first-order valence-corrected chi connectivity index (χ1v) is 13.9. The summed E-state index contributed by atoms with van der Waals surface area (Å²) >= 11 is 0. The van der Waals surface area contributed by atoms with Gasteiger partial charge in [-0.05, 0) is 82.5 Å². The van der Waals surface area contributed by atoms with Crippen molar-refractivity contribution in [3.8, 4) is 33.4 Å². The zero-order chi connectivity index (χ0) is 26.5. The number of benzene rings is 8. The summed E-state index contributed by atoms with van der Waals surface area (Å²) in [6.07, 6.45) is 0. The van der Waals surface area contributed by atoms with Crippen LogP contribution in [0.5, 0.6) is 0 Å². The first-order chi connectivity index (χ1) is 19.8. The van der Waals surface area contributed by atoms with E-state index in [2.05, 4.69) is 158 Å². The zero-order valence-corrected chi connectivity index (χ0v) is 22.0. The molecule has 0 spiro atoms. The van der Waals surface area contributed by atoms with E-state index in [-0.39, 0.29) is 0 Å². The van der Waals surface area contributed by atoms with E-state index >= 15 is 0 Å². The van der Waals surface area contributed by atoms with E-state index in [1.165, 1.54) is 76.5 Å². The molecule has 0 N–H and O–H groups in total. The van der Waals surface area contributed by atoms with Crippen molar-refractivity contribution >= 4 is 43.1 Å². The van der Waals surface area contributed by atoms with Crippen molar-refractivity contribution in [3.63, 3.8) is 0 Å². The largest absolute Gasteiger partial charge is 0.0622 e. The molecule has 8 aromatic carbocycles. The maximum atomic E-state index is 2.32. The minimum atomic E-state index is 1.23. The van der Waals surface area contributed by atoms with Crippen LogP contribution in [-0.4, -0.2) is 0 Å². The molecular formula is C40H26. The molecule has 0 amide bonds. The van der Waals surface area contributed by atoms with Gasteiger partial charge in [0, 0.05) is 0 Å². The molecule has 0 unspecified atom stereocenters. The molecule has 0 fully saturated rings. The summed E-state index contributed by atoms with van der Waals surface area (Å²) in [4.78, 5) is 0. The second-order valence-corrected chi connectivity index (χ2v) is 10.5. The molecule has 0 aliphatic carbocycles. The minimum Gasteiger partial charge on any atom is -0.0622 e. The van der Waals surface area contributed by atoms with Crippen molar-refractivity contribution in [1.82, 2.24) is 0 Å². The quantitative estimate of drug-likeness (QED) is 0.165. The predicted molar refractivity (Wildman–Crippen MR) is 173 cm³/mol. The third kappa shape index (κ3) is 3.61. The highest BCUT2D eigenvalue weighted by molar-refractivity contribution is 6.27. The SMILES string of the molecule is c1ccc(-c2c3ccccc3c(-c3ccc(-c4ccc5ccccc5c4)cc3)c3ccc4ccccc4c23)cc1. The van der Waals surface area contributed by atoms with Crippen molar-refractivity contribution in [3.05, 3.63) is 158 Å². The molecule has 0 radical (unpaired) electrons. The molecule has 0 atom stereocenters. The summed E-state index contributed by atoms with van der Waals surface area (Å²) in [6, 6.07) is 57.5. The van der Waals surface area contributed by atoms with E-state index in [4.69, 9.17) is 0 Å². The Balaban J connectivity index is 1.41. The van der Waals surface area contributed by atoms with Crippen LogP contribution in [0.3, 0.4) is 0 Å². The van der Waals surface area contributed by atoms with E-state index in [0.29, 0.717) is 0 Å². The summed E-state index contributed by atoms with van der Waals surface area (Å²) in [6.45, 7) is 0. The van der Waals surface area contributed by atoms with Crippen molar-refractivity contribution in [1.29, 1.82) is 0 Å². The first kappa shape index (κ1) is 22.8. The fourth-order valence-electron chi connectivity index (χ4n) is 6.36. The average molecular weight is 507 g/mol. The topological polar surface area (TPSA) is 0 Å². The predicted octanol–water partition coefficient (Wildman–Crippen LogP) is 11.3. The molecule has 8 aromatic rings. The Kier molecular flexibility index (Phi) is 5.24. The standard InChI is InChI=1S/C40H26/c1-2-12-30(13-3-1)39-36-17-9-8-16-35(36)38(37-25-24-29-11-6-7-15-34(29)40(37)39)31-21-18-28(19-22-31)33-23-20-27-10-4-5-14-32(27)26-33/h1-26H. The van der Waals surface area contributed by atoms with Gasteiger partial charge >= 0.3 is 0 Å². The summed E-state index contributed by atoms with van der Waals surface area (Å²) in [5, 5.41) is 10.3. The average Bonchev–Trinajstić information content (AvgIpc) is 3.04. The maximum Gasteiger partial charge on any atom is -0.00141 e. The highest BCUT2D eigenvalue weighted by Gasteiger charge is 2.18. The van der Waals surface area contributed by atoms with Crippen LogP contribution in [0.2, 0.25) is 0 Å². The molecule has 0 aliphatic rings.